The highest BCUT2D eigenvalue weighted by atomic mass is 16.5. The van der Waals surface area contributed by atoms with E-state index in [1.807, 2.05) is 6.92 Å². The topological polar surface area (TPSA) is 30.8 Å². The number of allylic oxidation sites excluding steroid dienone is 1. The minimum Gasteiger partial charge on any atom is -0.492 e. The smallest absolute Gasteiger partial charge is 0.251 e. The fourth-order valence-corrected chi connectivity index (χ4v) is 0.631. The van der Waals surface area contributed by atoms with Crippen molar-refractivity contribution in [2.75, 3.05) is 21.3 Å². The third kappa shape index (κ3) is 2.09. The van der Waals surface area contributed by atoms with Gasteiger partial charge in [-0.15, -0.1) is 0 Å². The van der Waals surface area contributed by atoms with Gasteiger partial charge in [0.15, 0.2) is 5.76 Å². The fourth-order valence-electron chi connectivity index (χ4n) is 0.631. The number of rotatable bonds is 2. The summed E-state index contributed by atoms with van der Waals surface area (Å²) >= 11 is 0. The highest BCUT2D eigenvalue weighted by Crippen LogP contribution is 1.98. The van der Waals surface area contributed by atoms with Crippen molar-refractivity contribution in [1.82, 2.24) is 0 Å². The monoisotopic (exact) mass is 143 g/mol. The molecular formula is C7H13NO2. The van der Waals surface area contributed by atoms with E-state index in [2.05, 4.69) is 4.99 Å². The average Bonchev–Trinajstić information content (AvgIpc) is 2.00. The molecule has 0 atom stereocenters. The quantitative estimate of drug-likeness (QED) is 0.330. The van der Waals surface area contributed by atoms with Crippen LogP contribution >= 0.6 is 0 Å². The van der Waals surface area contributed by atoms with Crippen LogP contribution in [0.3, 0.4) is 0 Å². The van der Waals surface area contributed by atoms with Gasteiger partial charge in [0.25, 0.3) is 5.90 Å². The van der Waals surface area contributed by atoms with Crippen LogP contribution in [0.25, 0.3) is 0 Å². The van der Waals surface area contributed by atoms with E-state index in [-0.39, 0.29) is 0 Å². The lowest BCUT2D eigenvalue weighted by atomic mass is 10.4. The standard InChI is InChI=1S/C7H13NO2/c1-5-6(9-3)7(8-2)10-4/h5H,1-4H3/b6-5+,8-7+. The molecule has 0 aromatic rings. The molecule has 0 heterocycles. The number of aliphatic imine (C=N–C) groups is 1. The first-order chi connectivity index (χ1) is 4.79. The molecule has 0 aromatic carbocycles. The normalized spacial score (nSPS) is 13.2. The summed E-state index contributed by atoms with van der Waals surface area (Å²) in [5.41, 5.74) is 0. The van der Waals surface area contributed by atoms with Crippen LogP contribution < -0.4 is 0 Å². The molecule has 0 amide bonds. The summed E-state index contributed by atoms with van der Waals surface area (Å²) in [4.78, 5) is 3.85. The van der Waals surface area contributed by atoms with Gasteiger partial charge in [-0.3, -0.25) is 4.99 Å². The maximum absolute atomic E-state index is 4.95. The lowest BCUT2D eigenvalue weighted by Crippen LogP contribution is -2.06. The predicted molar refractivity (Wildman–Crippen MR) is 41.1 cm³/mol. The lowest BCUT2D eigenvalue weighted by Gasteiger charge is -2.05. The van der Waals surface area contributed by atoms with Gasteiger partial charge in [0.1, 0.15) is 0 Å². The Balaban J connectivity index is 4.27. The number of hydrogen-bond donors (Lipinski definition) is 0. The first-order valence-corrected chi connectivity index (χ1v) is 3.01. The lowest BCUT2D eigenvalue weighted by molar-refractivity contribution is 0.284. The molecular weight excluding hydrogens is 130 g/mol. The number of methoxy groups -OCH3 is 2. The first-order valence-electron chi connectivity index (χ1n) is 3.01. The molecule has 0 aliphatic heterocycles. The SMILES string of the molecule is C/C=C(OC)\C(=N/C)OC. The Labute approximate surface area is 61.4 Å². The van der Waals surface area contributed by atoms with Crippen molar-refractivity contribution in [3.05, 3.63) is 11.8 Å². The third-order valence-corrected chi connectivity index (χ3v) is 1.09. The minimum absolute atomic E-state index is 0.519. The highest BCUT2D eigenvalue weighted by molar-refractivity contribution is 5.91. The van der Waals surface area contributed by atoms with Crippen molar-refractivity contribution in [1.29, 1.82) is 0 Å². The molecule has 0 radical (unpaired) electrons. The summed E-state index contributed by atoms with van der Waals surface area (Å²) in [6.07, 6.45) is 1.80. The van der Waals surface area contributed by atoms with Gasteiger partial charge >= 0.3 is 0 Å². The van der Waals surface area contributed by atoms with Crippen molar-refractivity contribution in [3.8, 4) is 0 Å². The molecule has 0 saturated heterocycles. The Kier molecular flexibility index (Phi) is 4.37. The number of hydrogen-bond acceptors (Lipinski definition) is 3. The largest absolute Gasteiger partial charge is 0.492 e. The summed E-state index contributed by atoms with van der Waals surface area (Å²) in [6, 6.07) is 0. The predicted octanol–water partition coefficient (Wildman–Crippen LogP) is 1.21. The molecule has 58 valence electrons. The first kappa shape index (κ1) is 9.01. The van der Waals surface area contributed by atoms with E-state index >= 15 is 0 Å². The Bertz CT molecular complexity index is 132. The van der Waals surface area contributed by atoms with Gasteiger partial charge in [-0.05, 0) is 13.0 Å². The van der Waals surface area contributed by atoms with Crippen molar-refractivity contribution >= 4 is 5.90 Å². The zero-order chi connectivity index (χ0) is 7.98. The molecule has 0 N–H and O–H groups in total. The van der Waals surface area contributed by atoms with E-state index < -0.39 is 0 Å². The molecule has 0 bridgehead atoms. The van der Waals surface area contributed by atoms with Crippen LogP contribution in [0.4, 0.5) is 0 Å². The van der Waals surface area contributed by atoms with E-state index in [9.17, 15) is 0 Å². The maximum Gasteiger partial charge on any atom is 0.251 e. The summed E-state index contributed by atoms with van der Waals surface area (Å²) in [5.74, 6) is 1.18. The zero-order valence-corrected chi connectivity index (χ0v) is 6.84. The molecule has 0 saturated carbocycles. The molecule has 0 fully saturated rings. The molecule has 0 aliphatic carbocycles. The van der Waals surface area contributed by atoms with Crippen molar-refractivity contribution in [3.63, 3.8) is 0 Å². The average molecular weight is 143 g/mol. The van der Waals surface area contributed by atoms with Crippen LogP contribution in [0.1, 0.15) is 6.92 Å². The van der Waals surface area contributed by atoms with Gasteiger partial charge in [0.05, 0.1) is 14.2 Å². The summed E-state index contributed by atoms with van der Waals surface area (Å²) in [6.45, 7) is 1.86. The highest BCUT2D eigenvalue weighted by Gasteiger charge is 2.02. The van der Waals surface area contributed by atoms with Crippen molar-refractivity contribution < 1.29 is 9.47 Å². The molecule has 0 rings (SSSR count). The van der Waals surface area contributed by atoms with Gasteiger partial charge in [0, 0.05) is 7.05 Å². The summed E-state index contributed by atoms with van der Waals surface area (Å²) in [5, 5.41) is 0. The number of ether oxygens (including phenoxy) is 2. The molecule has 0 unspecified atom stereocenters. The van der Waals surface area contributed by atoms with E-state index in [0.29, 0.717) is 11.7 Å². The van der Waals surface area contributed by atoms with Crippen LogP contribution in [-0.2, 0) is 9.47 Å². The summed E-state index contributed by atoms with van der Waals surface area (Å²) in [7, 11) is 4.80. The fraction of sp³-hybridized carbons (Fsp3) is 0.571. The van der Waals surface area contributed by atoms with E-state index in [1.165, 1.54) is 0 Å². The Morgan fingerprint density at radius 2 is 1.90 bits per heavy atom. The van der Waals surface area contributed by atoms with Gasteiger partial charge in [-0.25, -0.2) is 0 Å². The van der Waals surface area contributed by atoms with Crippen LogP contribution in [0.15, 0.2) is 16.8 Å². The summed E-state index contributed by atoms with van der Waals surface area (Å²) < 4.78 is 9.85. The zero-order valence-electron chi connectivity index (χ0n) is 6.84. The van der Waals surface area contributed by atoms with Crippen LogP contribution in [0.2, 0.25) is 0 Å². The molecule has 10 heavy (non-hydrogen) atoms. The molecule has 3 nitrogen and oxygen atoms in total. The second kappa shape index (κ2) is 4.85. The Morgan fingerprint density at radius 1 is 1.30 bits per heavy atom. The minimum atomic E-state index is 0.519. The molecule has 0 aliphatic rings. The molecule has 0 aromatic heterocycles. The number of nitrogens with zero attached hydrogens (tertiary/aromatic N) is 1. The van der Waals surface area contributed by atoms with Crippen LogP contribution in [0, 0.1) is 0 Å². The van der Waals surface area contributed by atoms with Gasteiger partial charge < -0.3 is 9.47 Å². The van der Waals surface area contributed by atoms with E-state index in [1.54, 1.807) is 27.3 Å². The van der Waals surface area contributed by atoms with Crippen molar-refractivity contribution in [2.45, 2.75) is 6.92 Å². The third-order valence-electron chi connectivity index (χ3n) is 1.09. The van der Waals surface area contributed by atoms with Gasteiger partial charge in [-0.2, -0.15) is 0 Å². The molecule has 3 heteroatoms. The van der Waals surface area contributed by atoms with Crippen LogP contribution in [-0.4, -0.2) is 27.2 Å². The Hall–Kier alpha value is -0.990. The Morgan fingerprint density at radius 3 is 2.00 bits per heavy atom. The van der Waals surface area contributed by atoms with Crippen LogP contribution in [0.5, 0.6) is 0 Å². The van der Waals surface area contributed by atoms with E-state index in [0.717, 1.165) is 0 Å². The van der Waals surface area contributed by atoms with Gasteiger partial charge in [-0.1, -0.05) is 0 Å². The van der Waals surface area contributed by atoms with Gasteiger partial charge in [0.2, 0.25) is 0 Å². The van der Waals surface area contributed by atoms with Crippen molar-refractivity contribution in [2.24, 2.45) is 4.99 Å². The second-order valence-corrected chi connectivity index (χ2v) is 1.59. The maximum atomic E-state index is 4.95. The molecule has 0 spiro atoms. The van der Waals surface area contributed by atoms with E-state index in [4.69, 9.17) is 9.47 Å². The second-order valence-electron chi connectivity index (χ2n) is 1.59.